The molecule has 0 unspecified atom stereocenters. The van der Waals surface area contributed by atoms with E-state index in [0.29, 0.717) is 15.8 Å². The fraction of sp³-hybridized carbons (Fsp3) is 0.0909. The van der Waals surface area contributed by atoms with E-state index in [1.807, 2.05) is 6.92 Å². The molecule has 1 aromatic carbocycles. The molecular formula is C11H8ClNO2S. The van der Waals surface area contributed by atoms with Gasteiger partial charge in [-0.1, -0.05) is 11.6 Å². The van der Waals surface area contributed by atoms with Gasteiger partial charge in [0.2, 0.25) is 0 Å². The Balaban J connectivity index is 2.22. The number of hydrogen-bond donors (Lipinski definition) is 0. The summed E-state index contributed by atoms with van der Waals surface area (Å²) in [5, 5.41) is 0.996. The molecule has 0 bridgehead atoms. The van der Waals surface area contributed by atoms with Crippen molar-refractivity contribution in [3.05, 3.63) is 40.7 Å². The van der Waals surface area contributed by atoms with Crippen LogP contribution in [-0.4, -0.2) is 11.3 Å². The highest BCUT2D eigenvalue weighted by Crippen LogP contribution is 2.29. The van der Waals surface area contributed by atoms with E-state index in [2.05, 4.69) is 4.98 Å². The topological polar surface area (TPSA) is 43.1 Å². The Morgan fingerprint density at radius 3 is 2.88 bits per heavy atom. The van der Waals surface area contributed by atoms with E-state index in [1.54, 1.807) is 24.5 Å². The summed E-state index contributed by atoms with van der Waals surface area (Å²) in [6.07, 6.45) is 2.32. The van der Waals surface area contributed by atoms with E-state index >= 15 is 0 Å². The second-order valence-corrected chi connectivity index (χ2v) is 4.59. The van der Waals surface area contributed by atoms with Gasteiger partial charge >= 0.3 is 0 Å². The summed E-state index contributed by atoms with van der Waals surface area (Å²) >= 11 is 7.27. The molecule has 1 heterocycles. The normalized spacial score (nSPS) is 10.4. The molecule has 0 radical (unpaired) electrons. The van der Waals surface area contributed by atoms with Crippen molar-refractivity contribution < 1.29 is 9.21 Å². The zero-order valence-electron chi connectivity index (χ0n) is 8.44. The minimum absolute atomic E-state index is 0.434. The zero-order valence-corrected chi connectivity index (χ0v) is 10.0. The number of aromatic nitrogens is 1. The Bertz CT molecular complexity index is 524. The summed E-state index contributed by atoms with van der Waals surface area (Å²) in [5.74, 6) is 0. The van der Waals surface area contributed by atoms with Crippen LogP contribution in [0, 0.1) is 6.92 Å². The quantitative estimate of drug-likeness (QED) is 0.784. The summed E-state index contributed by atoms with van der Waals surface area (Å²) < 4.78 is 5.20. The molecule has 0 aliphatic heterocycles. The molecule has 0 saturated carbocycles. The first-order valence-electron chi connectivity index (χ1n) is 4.54. The maximum atomic E-state index is 10.6. The van der Waals surface area contributed by atoms with Crippen LogP contribution in [0.15, 0.2) is 39.0 Å². The number of halogens is 1. The van der Waals surface area contributed by atoms with Crippen LogP contribution in [0.4, 0.5) is 0 Å². The predicted molar refractivity (Wildman–Crippen MR) is 62.2 cm³/mol. The first-order chi connectivity index (χ1) is 7.69. The van der Waals surface area contributed by atoms with Gasteiger partial charge in [-0.3, -0.25) is 4.79 Å². The first kappa shape index (κ1) is 11.2. The number of benzene rings is 1. The minimum atomic E-state index is 0.434. The maximum Gasteiger partial charge on any atom is 0.260 e. The third-order valence-electron chi connectivity index (χ3n) is 1.90. The van der Waals surface area contributed by atoms with Crippen molar-refractivity contribution in [1.29, 1.82) is 0 Å². The van der Waals surface area contributed by atoms with Crippen LogP contribution in [-0.2, 0) is 0 Å². The lowest BCUT2D eigenvalue weighted by Gasteiger charge is -1.99. The molecule has 5 heteroatoms. The van der Waals surface area contributed by atoms with E-state index in [4.69, 9.17) is 16.0 Å². The Morgan fingerprint density at radius 2 is 2.31 bits per heavy atom. The Hall–Kier alpha value is -1.26. The van der Waals surface area contributed by atoms with E-state index in [1.165, 1.54) is 11.8 Å². The molecule has 2 aromatic rings. The molecule has 16 heavy (non-hydrogen) atoms. The summed E-state index contributed by atoms with van der Waals surface area (Å²) in [7, 11) is 0. The molecule has 0 spiro atoms. The van der Waals surface area contributed by atoms with Crippen LogP contribution in [0.25, 0.3) is 0 Å². The Labute approximate surface area is 102 Å². The van der Waals surface area contributed by atoms with Crippen LogP contribution < -0.4 is 0 Å². The second-order valence-electron chi connectivity index (χ2n) is 3.16. The SMILES string of the molecule is Cc1coc(Sc2ccc(C=O)c(Cl)c2)n1. The lowest BCUT2D eigenvalue weighted by molar-refractivity contribution is 0.112. The number of aryl methyl sites for hydroxylation is 1. The highest BCUT2D eigenvalue weighted by molar-refractivity contribution is 7.99. The van der Waals surface area contributed by atoms with E-state index in [-0.39, 0.29) is 0 Å². The highest BCUT2D eigenvalue weighted by Gasteiger charge is 2.06. The highest BCUT2D eigenvalue weighted by atomic mass is 35.5. The molecule has 0 saturated heterocycles. The van der Waals surface area contributed by atoms with Crippen LogP contribution in [0.2, 0.25) is 5.02 Å². The third-order valence-corrected chi connectivity index (χ3v) is 3.08. The molecular weight excluding hydrogens is 246 g/mol. The van der Waals surface area contributed by atoms with Crippen molar-refractivity contribution >= 4 is 29.6 Å². The number of nitrogens with zero attached hydrogens (tertiary/aromatic N) is 1. The minimum Gasteiger partial charge on any atom is -0.439 e. The molecule has 82 valence electrons. The van der Waals surface area contributed by atoms with Crippen LogP contribution in [0.1, 0.15) is 16.1 Å². The standard InChI is InChI=1S/C11H8ClNO2S/c1-7-6-15-11(13-7)16-9-3-2-8(5-14)10(12)4-9/h2-6H,1H3. The molecule has 3 nitrogen and oxygen atoms in total. The van der Waals surface area contributed by atoms with Crippen molar-refractivity contribution in [2.24, 2.45) is 0 Å². The summed E-state index contributed by atoms with van der Waals surface area (Å²) in [6, 6.07) is 5.20. The van der Waals surface area contributed by atoms with Gasteiger partial charge in [-0.15, -0.1) is 0 Å². The number of rotatable bonds is 3. The third kappa shape index (κ3) is 2.46. The fourth-order valence-electron chi connectivity index (χ4n) is 1.15. The van der Waals surface area contributed by atoms with Gasteiger partial charge in [-0.2, -0.15) is 0 Å². The fourth-order valence-corrected chi connectivity index (χ4v) is 2.24. The number of hydrogen-bond acceptors (Lipinski definition) is 4. The van der Waals surface area contributed by atoms with E-state index in [0.717, 1.165) is 16.9 Å². The maximum absolute atomic E-state index is 10.6. The molecule has 1 aromatic heterocycles. The zero-order chi connectivity index (χ0) is 11.5. The average Bonchev–Trinajstić information content (AvgIpc) is 2.64. The second kappa shape index (κ2) is 4.72. The van der Waals surface area contributed by atoms with Gasteiger partial charge in [0.15, 0.2) is 6.29 Å². The molecule has 2 rings (SSSR count). The van der Waals surface area contributed by atoms with Gasteiger partial charge in [-0.25, -0.2) is 4.98 Å². The van der Waals surface area contributed by atoms with Gasteiger partial charge in [0, 0.05) is 10.5 Å². The summed E-state index contributed by atoms with van der Waals surface area (Å²) in [6.45, 7) is 1.86. The predicted octanol–water partition coefficient (Wildman–Crippen LogP) is 3.60. The molecule has 0 amide bonds. The van der Waals surface area contributed by atoms with Crippen molar-refractivity contribution in [2.45, 2.75) is 17.0 Å². The molecule has 0 N–H and O–H groups in total. The van der Waals surface area contributed by atoms with Crippen molar-refractivity contribution in [3.63, 3.8) is 0 Å². The Kier molecular flexibility index (Phi) is 3.31. The van der Waals surface area contributed by atoms with Crippen molar-refractivity contribution in [2.75, 3.05) is 0 Å². The number of oxazole rings is 1. The molecule has 0 aliphatic rings. The number of aldehydes is 1. The van der Waals surface area contributed by atoms with Crippen molar-refractivity contribution in [3.8, 4) is 0 Å². The van der Waals surface area contributed by atoms with Crippen LogP contribution >= 0.6 is 23.4 Å². The van der Waals surface area contributed by atoms with Gasteiger partial charge in [-0.05, 0) is 36.9 Å². The summed E-state index contributed by atoms with van der Waals surface area (Å²) in [4.78, 5) is 15.6. The van der Waals surface area contributed by atoms with Crippen LogP contribution in [0.5, 0.6) is 0 Å². The summed E-state index contributed by atoms with van der Waals surface area (Å²) in [5.41, 5.74) is 1.31. The lowest BCUT2D eigenvalue weighted by Crippen LogP contribution is -1.82. The van der Waals surface area contributed by atoms with E-state index in [9.17, 15) is 4.79 Å². The van der Waals surface area contributed by atoms with Gasteiger partial charge in [0.05, 0.1) is 10.7 Å². The lowest BCUT2D eigenvalue weighted by atomic mass is 10.2. The largest absolute Gasteiger partial charge is 0.439 e. The number of carbonyl (C=O) groups is 1. The monoisotopic (exact) mass is 253 g/mol. The van der Waals surface area contributed by atoms with Crippen LogP contribution in [0.3, 0.4) is 0 Å². The average molecular weight is 254 g/mol. The molecule has 0 atom stereocenters. The Morgan fingerprint density at radius 1 is 1.50 bits per heavy atom. The van der Waals surface area contributed by atoms with Crippen molar-refractivity contribution in [1.82, 2.24) is 4.98 Å². The molecule has 0 fully saturated rings. The van der Waals surface area contributed by atoms with Gasteiger partial charge < -0.3 is 4.42 Å². The van der Waals surface area contributed by atoms with Gasteiger partial charge in [0.1, 0.15) is 6.26 Å². The molecule has 0 aliphatic carbocycles. The van der Waals surface area contributed by atoms with Gasteiger partial charge in [0.25, 0.3) is 5.22 Å². The number of carbonyl (C=O) groups excluding carboxylic acids is 1. The smallest absolute Gasteiger partial charge is 0.260 e. The van der Waals surface area contributed by atoms with E-state index < -0.39 is 0 Å². The first-order valence-corrected chi connectivity index (χ1v) is 5.73.